The van der Waals surface area contributed by atoms with E-state index in [0.717, 1.165) is 35.0 Å². The number of aromatic carboxylic acids is 1. The monoisotopic (exact) mass is 362 g/mol. The van der Waals surface area contributed by atoms with Crippen LogP contribution in [0.5, 0.6) is 5.75 Å². The summed E-state index contributed by atoms with van der Waals surface area (Å²) in [5.41, 5.74) is 0.976. The third-order valence-corrected chi connectivity index (χ3v) is 5.23. The zero-order chi connectivity index (χ0) is 17.8. The number of hydrogen-bond acceptors (Lipinski definition) is 6. The number of rotatable bonds is 6. The average molecular weight is 362 g/mol. The van der Waals surface area contributed by atoms with Crippen molar-refractivity contribution in [3.05, 3.63) is 34.8 Å². The van der Waals surface area contributed by atoms with Crippen LogP contribution in [-0.4, -0.2) is 60.4 Å². The van der Waals surface area contributed by atoms with Gasteiger partial charge in [0.1, 0.15) is 10.8 Å². The number of carbonyl (C=O) groups is 1. The molecular formula is C18H22N2O4S. The van der Waals surface area contributed by atoms with Gasteiger partial charge in [-0.05, 0) is 38.6 Å². The van der Waals surface area contributed by atoms with Crippen LogP contribution < -0.4 is 4.74 Å². The quantitative estimate of drug-likeness (QED) is 0.852. The fraction of sp³-hybridized carbons (Fsp3) is 0.444. The Morgan fingerprint density at radius 1 is 1.48 bits per heavy atom. The van der Waals surface area contributed by atoms with Crippen LogP contribution in [0, 0.1) is 6.92 Å². The number of carboxylic acids is 1. The molecule has 1 aromatic heterocycles. The van der Waals surface area contributed by atoms with Crippen LogP contribution in [0.4, 0.5) is 0 Å². The molecule has 0 radical (unpaired) electrons. The van der Waals surface area contributed by atoms with E-state index < -0.39 is 5.97 Å². The van der Waals surface area contributed by atoms with E-state index in [0.29, 0.717) is 25.0 Å². The molecule has 1 aromatic carbocycles. The SMILES string of the molecule is Cc1cnc(-c2cc(OCC[C@@H]3COCCN3C)cc(C(=O)O)c2)s1. The second-order valence-corrected chi connectivity index (χ2v) is 7.41. The molecule has 1 aliphatic rings. The van der Waals surface area contributed by atoms with Crippen LogP contribution in [0.25, 0.3) is 10.6 Å². The first-order chi connectivity index (χ1) is 12.0. The van der Waals surface area contributed by atoms with Crippen LogP contribution in [0.2, 0.25) is 0 Å². The van der Waals surface area contributed by atoms with Crippen molar-refractivity contribution in [1.29, 1.82) is 0 Å². The lowest BCUT2D eigenvalue weighted by Crippen LogP contribution is -2.43. The minimum Gasteiger partial charge on any atom is -0.493 e. The van der Waals surface area contributed by atoms with E-state index >= 15 is 0 Å². The molecule has 0 unspecified atom stereocenters. The average Bonchev–Trinajstić information content (AvgIpc) is 3.03. The number of benzene rings is 1. The molecular weight excluding hydrogens is 340 g/mol. The third-order valence-electron chi connectivity index (χ3n) is 4.26. The van der Waals surface area contributed by atoms with Gasteiger partial charge in [-0.2, -0.15) is 0 Å². The maximum absolute atomic E-state index is 11.4. The molecule has 2 heterocycles. The summed E-state index contributed by atoms with van der Waals surface area (Å²) in [4.78, 5) is 19.1. The van der Waals surface area contributed by atoms with Crippen LogP contribution in [0.15, 0.2) is 24.4 Å². The molecule has 7 heteroatoms. The van der Waals surface area contributed by atoms with Gasteiger partial charge in [-0.3, -0.25) is 4.90 Å². The summed E-state index contributed by atoms with van der Waals surface area (Å²) in [6.45, 7) is 4.89. The Bertz CT molecular complexity index is 746. The Kier molecular flexibility index (Phi) is 5.67. The lowest BCUT2D eigenvalue weighted by Gasteiger charge is -2.32. The fourth-order valence-corrected chi connectivity index (χ4v) is 3.52. The minimum atomic E-state index is -0.972. The molecule has 1 aliphatic heterocycles. The smallest absolute Gasteiger partial charge is 0.335 e. The summed E-state index contributed by atoms with van der Waals surface area (Å²) in [6.07, 6.45) is 2.62. The summed E-state index contributed by atoms with van der Waals surface area (Å²) in [5.74, 6) is -0.414. The number of ether oxygens (including phenoxy) is 2. The van der Waals surface area contributed by atoms with Gasteiger partial charge in [0, 0.05) is 29.2 Å². The normalized spacial score (nSPS) is 18.2. The Labute approximate surface area is 151 Å². The Morgan fingerprint density at radius 2 is 2.32 bits per heavy atom. The Morgan fingerprint density at radius 3 is 3.00 bits per heavy atom. The van der Waals surface area contributed by atoms with Crippen molar-refractivity contribution < 1.29 is 19.4 Å². The van der Waals surface area contributed by atoms with E-state index in [1.165, 1.54) is 11.3 Å². The van der Waals surface area contributed by atoms with E-state index in [9.17, 15) is 9.90 Å². The van der Waals surface area contributed by atoms with E-state index in [1.807, 2.05) is 13.0 Å². The second-order valence-electron chi connectivity index (χ2n) is 6.17. The predicted octanol–water partition coefficient (Wildman–Crippen LogP) is 2.92. The molecule has 0 saturated carbocycles. The van der Waals surface area contributed by atoms with Gasteiger partial charge < -0.3 is 14.6 Å². The van der Waals surface area contributed by atoms with Gasteiger partial charge in [-0.1, -0.05) is 0 Å². The van der Waals surface area contributed by atoms with Gasteiger partial charge in [-0.25, -0.2) is 9.78 Å². The van der Waals surface area contributed by atoms with Crippen LogP contribution >= 0.6 is 11.3 Å². The first-order valence-electron chi connectivity index (χ1n) is 8.25. The molecule has 1 fully saturated rings. The molecule has 1 atom stereocenters. The predicted molar refractivity (Wildman–Crippen MR) is 96.6 cm³/mol. The molecule has 3 rings (SSSR count). The van der Waals surface area contributed by atoms with Crippen molar-refractivity contribution in [2.24, 2.45) is 0 Å². The lowest BCUT2D eigenvalue weighted by atomic mass is 10.1. The highest BCUT2D eigenvalue weighted by Crippen LogP contribution is 2.29. The maximum atomic E-state index is 11.4. The van der Waals surface area contributed by atoms with Crippen molar-refractivity contribution >= 4 is 17.3 Å². The molecule has 1 saturated heterocycles. The summed E-state index contributed by atoms with van der Waals surface area (Å²) >= 11 is 1.53. The molecule has 25 heavy (non-hydrogen) atoms. The first kappa shape index (κ1) is 17.8. The molecule has 0 amide bonds. The third kappa shape index (κ3) is 4.56. The topological polar surface area (TPSA) is 71.9 Å². The van der Waals surface area contributed by atoms with Gasteiger partial charge in [0.15, 0.2) is 0 Å². The van der Waals surface area contributed by atoms with Gasteiger partial charge in [0.25, 0.3) is 0 Å². The highest BCUT2D eigenvalue weighted by atomic mass is 32.1. The van der Waals surface area contributed by atoms with Crippen molar-refractivity contribution in [3.8, 4) is 16.3 Å². The molecule has 0 spiro atoms. The van der Waals surface area contributed by atoms with E-state index in [2.05, 4.69) is 16.9 Å². The van der Waals surface area contributed by atoms with E-state index in [4.69, 9.17) is 9.47 Å². The summed E-state index contributed by atoms with van der Waals surface area (Å²) < 4.78 is 11.4. The molecule has 2 aromatic rings. The molecule has 0 aliphatic carbocycles. The van der Waals surface area contributed by atoms with Crippen LogP contribution in [0.1, 0.15) is 21.7 Å². The second kappa shape index (κ2) is 7.95. The Balaban J connectivity index is 1.71. The standard InChI is InChI=1S/C18H22N2O4S/c1-12-10-19-17(25-12)13-7-14(18(21)22)9-16(8-13)24-5-3-15-11-23-6-4-20(15)2/h7-10,15H,3-6,11H2,1-2H3,(H,21,22)/t15-/m1/s1. The zero-order valence-corrected chi connectivity index (χ0v) is 15.2. The number of thiazole rings is 1. The molecule has 1 N–H and O–H groups in total. The highest BCUT2D eigenvalue weighted by Gasteiger charge is 2.19. The van der Waals surface area contributed by atoms with E-state index in [-0.39, 0.29) is 5.56 Å². The number of morpholine rings is 1. The number of nitrogens with zero attached hydrogens (tertiary/aromatic N) is 2. The highest BCUT2D eigenvalue weighted by molar-refractivity contribution is 7.14. The van der Waals surface area contributed by atoms with Gasteiger partial charge in [0.05, 0.1) is 25.4 Å². The molecule has 0 bridgehead atoms. The summed E-state index contributed by atoms with van der Waals surface area (Å²) in [6, 6.07) is 5.38. The van der Waals surface area contributed by atoms with Crippen LogP contribution in [-0.2, 0) is 4.74 Å². The number of hydrogen-bond donors (Lipinski definition) is 1. The maximum Gasteiger partial charge on any atom is 0.335 e. The van der Waals surface area contributed by atoms with Crippen LogP contribution in [0.3, 0.4) is 0 Å². The van der Waals surface area contributed by atoms with Gasteiger partial charge >= 0.3 is 5.97 Å². The van der Waals surface area contributed by atoms with Gasteiger partial charge in [0.2, 0.25) is 0 Å². The van der Waals surface area contributed by atoms with Crippen molar-refractivity contribution in [1.82, 2.24) is 9.88 Å². The van der Waals surface area contributed by atoms with Crippen molar-refractivity contribution in [2.75, 3.05) is 33.4 Å². The molecule has 6 nitrogen and oxygen atoms in total. The van der Waals surface area contributed by atoms with Gasteiger partial charge in [-0.15, -0.1) is 11.3 Å². The largest absolute Gasteiger partial charge is 0.493 e. The fourth-order valence-electron chi connectivity index (χ4n) is 2.77. The van der Waals surface area contributed by atoms with Crippen molar-refractivity contribution in [2.45, 2.75) is 19.4 Å². The van der Waals surface area contributed by atoms with Crippen molar-refractivity contribution in [3.63, 3.8) is 0 Å². The van der Waals surface area contributed by atoms with E-state index in [1.54, 1.807) is 18.3 Å². The number of aryl methyl sites for hydroxylation is 1. The number of likely N-dealkylation sites (N-methyl/N-ethyl adjacent to an activating group) is 1. The number of carboxylic acid groups (broad SMARTS) is 1. The summed E-state index contributed by atoms with van der Waals surface area (Å²) in [5, 5.41) is 10.2. The molecule has 134 valence electrons. The first-order valence-corrected chi connectivity index (χ1v) is 9.06. The Hall–Kier alpha value is -1.96. The lowest BCUT2D eigenvalue weighted by molar-refractivity contribution is -0.00134. The zero-order valence-electron chi connectivity index (χ0n) is 14.4. The minimum absolute atomic E-state index is 0.207. The number of aromatic nitrogens is 1. The summed E-state index contributed by atoms with van der Waals surface area (Å²) in [7, 11) is 2.08.